The highest BCUT2D eigenvalue weighted by molar-refractivity contribution is 7.09. The SMILES string of the molecule is CCC(C)(N)c1csc(COCC(F)(F)F)n1. The van der Waals surface area contributed by atoms with Gasteiger partial charge in [0.25, 0.3) is 0 Å². The van der Waals surface area contributed by atoms with E-state index in [4.69, 9.17) is 5.73 Å². The van der Waals surface area contributed by atoms with Gasteiger partial charge in [-0.1, -0.05) is 6.92 Å². The molecule has 2 N–H and O–H groups in total. The van der Waals surface area contributed by atoms with E-state index in [0.717, 1.165) is 0 Å². The molecule has 1 unspecified atom stereocenters. The molecular weight excluding hydrogens is 253 g/mol. The molecule has 0 aliphatic rings. The molecule has 0 aliphatic carbocycles. The summed E-state index contributed by atoms with van der Waals surface area (Å²) in [5, 5.41) is 2.27. The van der Waals surface area contributed by atoms with Crippen molar-refractivity contribution in [1.82, 2.24) is 4.98 Å². The van der Waals surface area contributed by atoms with Crippen LogP contribution in [0, 0.1) is 0 Å². The van der Waals surface area contributed by atoms with Crippen molar-refractivity contribution >= 4 is 11.3 Å². The maximum atomic E-state index is 11.8. The summed E-state index contributed by atoms with van der Waals surface area (Å²) in [7, 11) is 0. The van der Waals surface area contributed by atoms with Gasteiger partial charge in [0.15, 0.2) is 0 Å². The van der Waals surface area contributed by atoms with Crippen LogP contribution in [0.4, 0.5) is 13.2 Å². The highest BCUT2D eigenvalue weighted by atomic mass is 32.1. The van der Waals surface area contributed by atoms with Gasteiger partial charge in [0.05, 0.1) is 17.8 Å². The van der Waals surface area contributed by atoms with Gasteiger partial charge in [-0.25, -0.2) is 4.98 Å². The largest absolute Gasteiger partial charge is 0.411 e. The van der Waals surface area contributed by atoms with Crippen molar-refractivity contribution in [2.45, 2.75) is 38.6 Å². The first-order valence-electron chi connectivity index (χ1n) is 5.13. The lowest BCUT2D eigenvalue weighted by Crippen LogP contribution is -2.32. The molecular formula is C10H15F3N2OS. The van der Waals surface area contributed by atoms with Gasteiger partial charge >= 0.3 is 6.18 Å². The number of nitrogens with two attached hydrogens (primary N) is 1. The van der Waals surface area contributed by atoms with Crippen LogP contribution in [0.15, 0.2) is 5.38 Å². The Morgan fingerprint density at radius 2 is 2.12 bits per heavy atom. The fourth-order valence-electron chi connectivity index (χ4n) is 1.07. The number of aromatic nitrogens is 1. The van der Waals surface area contributed by atoms with Crippen molar-refractivity contribution in [2.24, 2.45) is 5.73 Å². The molecule has 0 aromatic carbocycles. The first-order chi connectivity index (χ1) is 7.74. The van der Waals surface area contributed by atoms with Crippen LogP contribution in [-0.2, 0) is 16.9 Å². The molecule has 1 heterocycles. The van der Waals surface area contributed by atoms with Gasteiger partial charge in [-0.15, -0.1) is 11.3 Å². The number of hydrogen-bond acceptors (Lipinski definition) is 4. The number of alkyl halides is 3. The standard InChI is InChI=1S/C10H15F3N2OS/c1-3-9(2,14)7-5-17-8(15-7)4-16-6-10(11,12)13/h5H,3-4,6,14H2,1-2H3. The maximum Gasteiger partial charge on any atom is 0.411 e. The third kappa shape index (κ3) is 4.61. The van der Waals surface area contributed by atoms with E-state index < -0.39 is 18.3 Å². The van der Waals surface area contributed by atoms with Crippen LogP contribution < -0.4 is 5.73 Å². The van der Waals surface area contributed by atoms with Crippen LogP contribution in [0.3, 0.4) is 0 Å². The second-order valence-electron chi connectivity index (χ2n) is 4.01. The lowest BCUT2D eigenvalue weighted by Gasteiger charge is -2.19. The highest BCUT2D eigenvalue weighted by Crippen LogP contribution is 2.24. The van der Waals surface area contributed by atoms with Gasteiger partial charge < -0.3 is 10.5 Å². The Morgan fingerprint density at radius 1 is 1.47 bits per heavy atom. The van der Waals surface area contributed by atoms with E-state index in [-0.39, 0.29) is 6.61 Å². The van der Waals surface area contributed by atoms with E-state index in [9.17, 15) is 13.2 Å². The van der Waals surface area contributed by atoms with E-state index >= 15 is 0 Å². The Kier molecular flexibility index (Phi) is 4.51. The molecule has 98 valence electrons. The van der Waals surface area contributed by atoms with Gasteiger partial charge in [0.1, 0.15) is 11.6 Å². The molecule has 1 aromatic heterocycles. The van der Waals surface area contributed by atoms with Crippen LogP contribution in [0.5, 0.6) is 0 Å². The Bertz CT molecular complexity index is 363. The van der Waals surface area contributed by atoms with Gasteiger partial charge in [-0.05, 0) is 13.3 Å². The van der Waals surface area contributed by atoms with Crippen LogP contribution >= 0.6 is 11.3 Å². The normalized spacial score (nSPS) is 15.9. The zero-order valence-corrected chi connectivity index (χ0v) is 10.5. The number of ether oxygens (including phenoxy) is 1. The average Bonchev–Trinajstić information content (AvgIpc) is 2.65. The molecule has 0 saturated heterocycles. The topological polar surface area (TPSA) is 48.1 Å². The molecule has 0 bridgehead atoms. The number of thiazole rings is 1. The van der Waals surface area contributed by atoms with Crippen molar-refractivity contribution < 1.29 is 17.9 Å². The van der Waals surface area contributed by atoms with Gasteiger partial charge in [0.2, 0.25) is 0 Å². The first-order valence-corrected chi connectivity index (χ1v) is 6.01. The fourth-order valence-corrected chi connectivity index (χ4v) is 1.95. The maximum absolute atomic E-state index is 11.8. The number of halogens is 3. The lowest BCUT2D eigenvalue weighted by molar-refractivity contribution is -0.176. The molecule has 0 fully saturated rings. The quantitative estimate of drug-likeness (QED) is 0.893. The van der Waals surface area contributed by atoms with E-state index in [2.05, 4.69) is 9.72 Å². The highest BCUT2D eigenvalue weighted by Gasteiger charge is 2.28. The molecule has 0 spiro atoms. The van der Waals surface area contributed by atoms with Crippen molar-refractivity contribution in [3.8, 4) is 0 Å². The summed E-state index contributed by atoms with van der Waals surface area (Å²) in [5.41, 5.74) is 6.12. The molecule has 0 saturated carbocycles. The summed E-state index contributed by atoms with van der Waals surface area (Å²) in [5.74, 6) is 0. The predicted octanol–water partition coefficient (Wildman–Crippen LogP) is 2.81. The molecule has 1 rings (SSSR count). The number of hydrogen-bond donors (Lipinski definition) is 1. The second kappa shape index (κ2) is 5.32. The van der Waals surface area contributed by atoms with Gasteiger partial charge in [0, 0.05) is 5.38 Å². The van der Waals surface area contributed by atoms with Crippen molar-refractivity contribution in [2.75, 3.05) is 6.61 Å². The van der Waals surface area contributed by atoms with Crippen LogP contribution in [-0.4, -0.2) is 17.8 Å². The van der Waals surface area contributed by atoms with Crippen molar-refractivity contribution in [3.63, 3.8) is 0 Å². The summed E-state index contributed by atoms with van der Waals surface area (Å²) in [4.78, 5) is 4.17. The molecule has 0 radical (unpaired) electrons. The van der Waals surface area contributed by atoms with Crippen molar-refractivity contribution in [1.29, 1.82) is 0 Å². The average molecular weight is 268 g/mol. The Labute approximate surface area is 102 Å². The minimum absolute atomic E-state index is 0.135. The minimum atomic E-state index is -4.30. The molecule has 7 heteroatoms. The molecule has 0 amide bonds. The van der Waals surface area contributed by atoms with E-state index in [1.165, 1.54) is 11.3 Å². The Morgan fingerprint density at radius 3 is 2.65 bits per heavy atom. The van der Waals surface area contributed by atoms with Gasteiger partial charge in [-0.2, -0.15) is 13.2 Å². The van der Waals surface area contributed by atoms with Crippen molar-refractivity contribution in [3.05, 3.63) is 16.1 Å². The second-order valence-corrected chi connectivity index (χ2v) is 4.95. The van der Waals surface area contributed by atoms with Gasteiger partial charge in [-0.3, -0.25) is 0 Å². The van der Waals surface area contributed by atoms with Crippen LogP contribution in [0.1, 0.15) is 31.0 Å². The summed E-state index contributed by atoms with van der Waals surface area (Å²) in [6.45, 7) is 2.38. The molecule has 17 heavy (non-hydrogen) atoms. The summed E-state index contributed by atoms with van der Waals surface area (Å²) >= 11 is 1.26. The molecule has 0 aliphatic heterocycles. The number of nitrogens with zero attached hydrogens (tertiary/aromatic N) is 1. The predicted molar refractivity (Wildman–Crippen MR) is 59.7 cm³/mol. The molecule has 1 atom stereocenters. The molecule has 1 aromatic rings. The smallest absolute Gasteiger partial charge is 0.365 e. The zero-order chi connectivity index (χ0) is 13.1. The Hall–Kier alpha value is -0.660. The number of rotatable bonds is 5. The first kappa shape index (κ1) is 14.4. The third-order valence-corrected chi connectivity index (χ3v) is 3.18. The summed E-state index contributed by atoms with van der Waals surface area (Å²) < 4.78 is 40.1. The summed E-state index contributed by atoms with van der Waals surface area (Å²) in [6.07, 6.45) is -3.59. The van der Waals surface area contributed by atoms with E-state index in [1.807, 2.05) is 13.8 Å². The third-order valence-electron chi connectivity index (χ3n) is 2.36. The molecule has 3 nitrogen and oxygen atoms in total. The monoisotopic (exact) mass is 268 g/mol. The zero-order valence-electron chi connectivity index (χ0n) is 9.67. The van der Waals surface area contributed by atoms with Crippen LogP contribution in [0.2, 0.25) is 0 Å². The summed E-state index contributed by atoms with van der Waals surface area (Å²) in [6, 6.07) is 0. The van der Waals surface area contributed by atoms with E-state index in [0.29, 0.717) is 17.1 Å². The van der Waals surface area contributed by atoms with Crippen LogP contribution in [0.25, 0.3) is 0 Å². The Balaban J connectivity index is 2.52. The lowest BCUT2D eigenvalue weighted by atomic mass is 9.97. The minimum Gasteiger partial charge on any atom is -0.365 e. The fraction of sp³-hybridized carbons (Fsp3) is 0.700. The van der Waals surface area contributed by atoms with E-state index in [1.54, 1.807) is 5.38 Å².